The van der Waals surface area contributed by atoms with Crippen molar-refractivity contribution in [3.05, 3.63) is 0 Å². The van der Waals surface area contributed by atoms with E-state index in [9.17, 15) is 18.0 Å². The molecule has 0 unspecified atom stereocenters. The van der Waals surface area contributed by atoms with Crippen LogP contribution in [0.3, 0.4) is 0 Å². The monoisotopic (exact) mass is 222 g/mol. The first kappa shape index (κ1) is 13.8. The molecule has 1 N–H and O–H groups in total. The summed E-state index contributed by atoms with van der Waals surface area (Å²) in [5.74, 6) is 0.499. The number of terminal acetylenes is 1. The van der Waals surface area contributed by atoms with Gasteiger partial charge in [0.05, 0.1) is 6.54 Å². The van der Waals surface area contributed by atoms with Crippen molar-refractivity contribution in [2.75, 3.05) is 26.7 Å². The van der Waals surface area contributed by atoms with Gasteiger partial charge in [-0.15, -0.1) is 6.42 Å². The summed E-state index contributed by atoms with van der Waals surface area (Å²) >= 11 is 0. The van der Waals surface area contributed by atoms with E-state index in [2.05, 4.69) is 5.92 Å². The van der Waals surface area contributed by atoms with Crippen molar-refractivity contribution in [3.63, 3.8) is 0 Å². The first-order chi connectivity index (χ1) is 6.88. The Labute approximate surface area is 86.6 Å². The maximum Gasteiger partial charge on any atom is 0.471 e. The second kappa shape index (κ2) is 6.30. The number of alkyl halides is 3. The fraction of sp³-hybridized carbons (Fsp3) is 0.667. The summed E-state index contributed by atoms with van der Waals surface area (Å²) in [6.07, 6.45) is 0.658. The van der Waals surface area contributed by atoms with Crippen molar-refractivity contribution in [1.29, 1.82) is 0 Å². The van der Waals surface area contributed by atoms with Crippen molar-refractivity contribution in [2.24, 2.45) is 0 Å². The first-order valence-electron chi connectivity index (χ1n) is 4.35. The largest absolute Gasteiger partial charge is 0.471 e. The molecule has 6 heteroatoms. The molecule has 0 aromatic heterocycles. The lowest BCUT2D eigenvalue weighted by molar-refractivity contribution is -0.173. The van der Waals surface area contributed by atoms with Crippen molar-refractivity contribution < 1.29 is 18.0 Å². The predicted octanol–water partition coefficient (Wildman–Crippen LogP) is 0.620. The van der Waals surface area contributed by atoms with E-state index >= 15 is 0 Å². The van der Waals surface area contributed by atoms with Gasteiger partial charge >= 0.3 is 12.1 Å². The number of carbonyl (C=O) groups excluding carboxylic acids is 1. The highest BCUT2D eigenvalue weighted by molar-refractivity contribution is 5.81. The van der Waals surface area contributed by atoms with Crippen LogP contribution in [0.15, 0.2) is 0 Å². The van der Waals surface area contributed by atoms with Crippen LogP contribution in [0, 0.1) is 12.3 Å². The van der Waals surface area contributed by atoms with Gasteiger partial charge in [0, 0.05) is 13.1 Å². The molecule has 3 nitrogen and oxygen atoms in total. The molecule has 0 aromatic rings. The molecule has 15 heavy (non-hydrogen) atoms. The third kappa shape index (κ3) is 6.80. The van der Waals surface area contributed by atoms with Gasteiger partial charge in [0.25, 0.3) is 0 Å². The summed E-state index contributed by atoms with van der Waals surface area (Å²) in [5.41, 5.74) is 0. The van der Waals surface area contributed by atoms with E-state index in [4.69, 9.17) is 6.42 Å². The molecule has 0 radical (unpaired) electrons. The average molecular weight is 222 g/mol. The Hall–Kier alpha value is -1.22. The van der Waals surface area contributed by atoms with E-state index in [1.807, 2.05) is 0 Å². The molecule has 0 saturated carbocycles. The number of nitrogens with one attached hydrogen (secondary N) is 1. The van der Waals surface area contributed by atoms with Crippen molar-refractivity contribution in [3.8, 4) is 12.3 Å². The summed E-state index contributed by atoms with van der Waals surface area (Å²) in [5, 5.41) is 1.78. The minimum absolute atomic E-state index is 0.00669. The molecular formula is C9H13F3N2O. The molecule has 0 aliphatic carbocycles. The van der Waals surface area contributed by atoms with E-state index < -0.39 is 12.1 Å². The Kier molecular flexibility index (Phi) is 5.79. The number of halogens is 3. The third-order valence-electron chi connectivity index (χ3n) is 1.62. The van der Waals surface area contributed by atoms with Crippen molar-refractivity contribution in [1.82, 2.24) is 10.2 Å². The summed E-state index contributed by atoms with van der Waals surface area (Å²) in [7, 11) is 1.76. The van der Waals surface area contributed by atoms with Gasteiger partial charge in [-0.1, -0.05) is 5.92 Å². The van der Waals surface area contributed by atoms with E-state index in [1.165, 1.54) is 0 Å². The first-order valence-corrected chi connectivity index (χ1v) is 4.35. The van der Waals surface area contributed by atoms with Gasteiger partial charge in [-0.3, -0.25) is 9.69 Å². The molecule has 1 amide bonds. The summed E-state index contributed by atoms with van der Waals surface area (Å²) in [6.45, 7) is 0.975. The quantitative estimate of drug-likeness (QED) is 0.546. The standard InChI is InChI=1S/C9H13F3N2O/c1-3-6-14(2)7-4-5-13-8(15)9(10,11)12/h1H,4-7H2,2H3,(H,13,15). The van der Waals surface area contributed by atoms with Crippen LogP contribution in [0.25, 0.3) is 0 Å². The average Bonchev–Trinajstić information content (AvgIpc) is 2.11. The van der Waals surface area contributed by atoms with E-state index in [-0.39, 0.29) is 6.54 Å². The maximum absolute atomic E-state index is 11.7. The van der Waals surface area contributed by atoms with E-state index in [1.54, 1.807) is 17.3 Å². The lowest BCUT2D eigenvalue weighted by Crippen LogP contribution is -2.38. The Morgan fingerprint density at radius 3 is 2.60 bits per heavy atom. The fourth-order valence-corrected chi connectivity index (χ4v) is 0.886. The molecule has 0 bridgehead atoms. The van der Waals surface area contributed by atoms with Crippen molar-refractivity contribution in [2.45, 2.75) is 12.6 Å². The summed E-state index contributed by atoms with van der Waals surface area (Å²) in [4.78, 5) is 12.1. The molecule has 0 rings (SSSR count). The minimum Gasteiger partial charge on any atom is -0.348 e. The Morgan fingerprint density at radius 2 is 2.13 bits per heavy atom. The minimum atomic E-state index is -4.80. The van der Waals surface area contributed by atoms with Crippen LogP contribution >= 0.6 is 0 Å². The van der Waals surface area contributed by atoms with Crippen LogP contribution in [0.1, 0.15) is 6.42 Å². The van der Waals surface area contributed by atoms with Gasteiger partial charge in [0.2, 0.25) is 0 Å². The molecule has 0 aliphatic heterocycles. The van der Waals surface area contributed by atoms with Gasteiger partial charge in [0.1, 0.15) is 0 Å². The predicted molar refractivity (Wildman–Crippen MR) is 50.0 cm³/mol. The normalized spacial score (nSPS) is 11.2. The second-order valence-electron chi connectivity index (χ2n) is 3.05. The Bertz CT molecular complexity index is 245. The zero-order valence-electron chi connectivity index (χ0n) is 8.40. The Balaban J connectivity index is 3.56. The zero-order chi connectivity index (χ0) is 11.9. The summed E-state index contributed by atoms with van der Waals surface area (Å²) < 4.78 is 35.1. The third-order valence-corrected chi connectivity index (χ3v) is 1.62. The van der Waals surface area contributed by atoms with E-state index in [0.29, 0.717) is 19.5 Å². The van der Waals surface area contributed by atoms with E-state index in [0.717, 1.165) is 0 Å². The van der Waals surface area contributed by atoms with Gasteiger partial charge in [-0.2, -0.15) is 13.2 Å². The van der Waals surface area contributed by atoms with Crippen LogP contribution in [0.5, 0.6) is 0 Å². The van der Waals surface area contributed by atoms with Gasteiger partial charge < -0.3 is 5.32 Å². The second-order valence-corrected chi connectivity index (χ2v) is 3.05. The highest BCUT2D eigenvalue weighted by Gasteiger charge is 2.38. The highest BCUT2D eigenvalue weighted by atomic mass is 19.4. The van der Waals surface area contributed by atoms with Gasteiger partial charge in [-0.05, 0) is 13.5 Å². The number of hydrogen-bond acceptors (Lipinski definition) is 2. The van der Waals surface area contributed by atoms with Gasteiger partial charge in [0.15, 0.2) is 0 Å². The number of rotatable bonds is 5. The number of carbonyl (C=O) groups is 1. The SMILES string of the molecule is C#CCN(C)CCCNC(=O)C(F)(F)F. The van der Waals surface area contributed by atoms with Crippen LogP contribution in [0.4, 0.5) is 13.2 Å². The number of amides is 1. The summed E-state index contributed by atoms with van der Waals surface area (Å²) in [6, 6.07) is 0. The molecule has 0 saturated heterocycles. The molecule has 0 heterocycles. The van der Waals surface area contributed by atoms with Crippen LogP contribution < -0.4 is 5.32 Å². The lowest BCUT2D eigenvalue weighted by Gasteiger charge is -2.13. The zero-order valence-corrected chi connectivity index (χ0v) is 8.40. The Morgan fingerprint density at radius 1 is 1.53 bits per heavy atom. The molecule has 86 valence electrons. The maximum atomic E-state index is 11.7. The molecular weight excluding hydrogens is 209 g/mol. The molecule has 0 aromatic carbocycles. The molecule has 0 aliphatic rings. The highest BCUT2D eigenvalue weighted by Crippen LogP contribution is 2.13. The number of nitrogens with zero attached hydrogens (tertiary/aromatic N) is 1. The van der Waals surface area contributed by atoms with Gasteiger partial charge in [-0.25, -0.2) is 0 Å². The van der Waals surface area contributed by atoms with Crippen LogP contribution in [-0.4, -0.2) is 43.7 Å². The topological polar surface area (TPSA) is 32.3 Å². The van der Waals surface area contributed by atoms with Crippen molar-refractivity contribution >= 4 is 5.91 Å². The smallest absolute Gasteiger partial charge is 0.348 e. The molecule has 0 atom stereocenters. The molecule has 0 fully saturated rings. The van der Waals surface area contributed by atoms with Crippen LogP contribution in [0.2, 0.25) is 0 Å². The fourth-order valence-electron chi connectivity index (χ4n) is 0.886. The molecule has 0 spiro atoms. The number of hydrogen-bond donors (Lipinski definition) is 1. The lowest BCUT2D eigenvalue weighted by atomic mass is 10.4. The van der Waals surface area contributed by atoms with Crippen LogP contribution in [-0.2, 0) is 4.79 Å².